The molecule has 1 nitrogen and oxygen atoms in total. The van der Waals surface area contributed by atoms with Crippen LogP contribution in [-0.4, -0.2) is 25.0 Å². The van der Waals surface area contributed by atoms with Crippen LogP contribution in [0.2, 0.25) is 0 Å². The minimum Gasteiger partial charge on any atom is -0.296 e. The predicted octanol–water partition coefficient (Wildman–Crippen LogP) is 1.35. The Kier molecular flexibility index (Phi) is 4.17. The second kappa shape index (κ2) is 4.40. The molecule has 0 aromatic carbocycles. The Morgan fingerprint density at radius 1 is 1.56 bits per heavy atom. The van der Waals surface area contributed by atoms with E-state index in [1.165, 1.54) is 0 Å². The second-order valence-electron chi connectivity index (χ2n) is 2.43. The normalized spacial score (nSPS) is 13.2. The molecule has 1 heteroatoms. The molecule has 0 saturated carbocycles. The maximum Gasteiger partial charge on any atom is 0.0706 e. The summed E-state index contributed by atoms with van der Waals surface area (Å²) in [4.78, 5) is 2.07. The van der Waals surface area contributed by atoms with E-state index in [-0.39, 0.29) is 0 Å². The van der Waals surface area contributed by atoms with Crippen LogP contribution in [-0.2, 0) is 0 Å². The van der Waals surface area contributed by atoms with Crippen molar-refractivity contribution in [2.24, 2.45) is 0 Å². The molecular formula is C8H15N. The third-order valence-corrected chi connectivity index (χ3v) is 1.38. The molecule has 0 aliphatic carbocycles. The van der Waals surface area contributed by atoms with E-state index in [0.29, 0.717) is 6.04 Å². The molecule has 52 valence electrons. The maximum absolute atomic E-state index is 5.27. The van der Waals surface area contributed by atoms with E-state index in [0.717, 1.165) is 12.8 Å². The fourth-order valence-electron chi connectivity index (χ4n) is 0.764. The molecule has 9 heavy (non-hydrogen) atoms. The van der Waals surface area contributed by atoms with E-state index < -0.39 is 0 Å². The first-order chi connectivity index (χ1) is 4.22. The van der Waals surface area contributed by atoms with Gasteiger partial charge in [0.15, 0.2) is 0 Å². The molecule has 0 bridgehead atoms. The highest BCUT2D eigenvalue weighted by Crippen LogP contribution is 1.99. The summed E-state index contributed by atoms with van der Waals surface area (Å²) in [6.45, 7) is 2.15. The number of hydrogen-bond acceptors (Lipinski definition) is 1. The van der Waals surface area contributed by atoms with Crippen molar-refractivity contribution in [2.45, 2.75) is 25.8 Å². The zero-order valence-corrected chi connectivity index (χ0v) is 6.52. The first kappa shape index (κ1) is 8.52. The van der Waals surface area contributed by atoms with Gasteiger partial charge in [-0.05, 0) is 20.5 Å². The fraction of sp³-hybridized carbons (Fsp3) is 0.750. The lowest BCUT2D eigenvalue weighted by atomic mass is 10.2. The second-order valence-corrected chi connectivity index (χ2v) is 2.43. The van der Waals surface area contributed by atoms with Crippen LogP contribution in [0, 0.1) is 12.3 Å². The number of nitrogens with zero attached hydrogens (tertiary/aromatic N) is 1. The highest BCUT2D eigenvalue weighted by molar-refractivity contribution is 4.97. The van der Waals surface area contributed by atoms with Crippen LogP contribution >= 0.6 is 0 Å². The number of rotatable bonds is 3. The molecule has 0 fully saturated rings. The molecule has 0 amide bonds. The smallest absolute Gasteiger partial charge is 0.0706 e. The van der Waals surface area contributed by atoms with Crippen LogP contribution in [0.5, 0.6) is 0 Å². The van der Waals surface area contributed by atoms with Crippen molar-refractivity contribution in [1.29, 1.82) is 0 Å². The molecule has 0 unspecified atom stereocenters. The molecule has 0 rings (SSSR count). The minimum atomic E-state index is 0.329. The Morgan fingerprint density at radius 2 is 2.11 bits per heavy atom. The van der Waals surface area contributed by atoms with Crippen molar-refractivity contribution in [2.75, 3.05) is 14.1 Å². The molecule has 0 heterocycles. The lowest BCUT2D eigenvalue weighted by Gasteiger charge is -2.17. The Bertz CT molecular complexity index is 99.6. The maximum atomic E-state index is 5.27. The van der Waals surface area contributed by atoms with Gasteiger partial charge < -0.3 is 0 Å². The lowest BCUT2D eigenvalue weighted by Crippen LogP contribution is -2.25. The fourth-order valence-corrected chi connectivity index (χ4v) is 0.764. The predicted molar refractivity (Wildman–Crippen MR) is 41.2 cm³/mol. The molecular weight excluding hydrogens is 110 g/mol. The van der Waals surface area contributed by atoms with Crippen LogP contribution in [0.1, 0.15) is 19.8 Å². The van der Waals surface area contributed by atoms with Crippen molar-refractivity contribution in [3.8, 4) is 12.3 Å². The van der Waals surface area contributed by atoms with Gasteiger partial charge >= 0.3 is 0 Å². The van der Waals surface area contributed by atoms with Gasteiger partial charge in [-0.3, -0.25) is 4.90 Å². The summed E-state index contributed by atoms with van der Waals surface area (Å²) in [7, 11) is 4.03. The average molecular weight is 125 g/mol. The third-order valence-electron chi connectivity index (χ3n) is 1.38. The molecule has 0 aliphatic heterocycles. The van der Waals surface area contributed by atoms with E-state index in [1.807, 2.05) is 14.1 Å². The monoisotopic (exact) mass is 125 g/mol. The topological polar surface area (TPSA) is 3.24 Å². The van der Waals surface area contributed by atoms with E-state index in [4.69, 9.17) is 6.42 Å². The van der Waals surface area contributed by atoms with E-state index in [9.17, 15) is 0 Å². The molecule has 0 spiro atoms. The number of hydrogen-bond donors (Lipinski definition) is 0. The van der Waals surface area contributed by atoms with Crippen LogP contribution < -0.4 is 0 Å². The van der Waals surface area contributed by atoms with Gasteiger partial charge in [-0.15, -0.1) is 6.42 Å². The van der Waals surface area contributed by atoms with Crippen LogP contribution in [0.3, 0.4) is 0 Å². The van der Waals surface area contributed by atoms with E-state index in [1.54, 1.807) is 0 Å². The summed E-state index contributed by atoms with van der Waals surface area (Å²) in [5, 5.41) is 0. The van der Waals surface area contributed by atoms with Gasteiger partial charge in [0.2, 0.25) is 0 Å². The quantitative estimate of drug-likeness (QED) is 0.515. The average Bonchev–Trinajstić information content (AvgIpc) is 1.82. The molecule has 0 aromatic heterocycles. The van der Waals surface area contributed by atoms with Crippen molar-refractivity contribution < 1.29 is 0 Å². The molecule has 0 aliphatic rings. The van der Waals surface area contributed by atoms with Gasteiger partial charge in [-0.1, -0.05) is 19.3 Å². The van der Waals surface area contributed by atoms with E-state index in [2.05, 4.69) is 17.7 Å². The summed E-state index contributed by atoms with van der Waals surface area (Å²) < 4.78 is 0. The highest BCUT2D eigenvalue weighted by atomic mass is 15.1. The SMILES string of the molecule is C#C[C@H](CCC)N(C)C. The Labute approximate surface area is 58.1 Å². The van der Waals surface area contributed by atoms with Gasteiger partial charge in [-0.2, -0.15) is 0 Å². The van der Waals surface area contributed by atoms with Gasteiger partial charge in [0.05, 0.1) is 6.04 Å². The summed E-state index contributed by atoms with van der Waals surface area (Å²) >= 11 is 0. The molecule has 0 saturated heterocycles. The van der Waals surface area contributed by atoms with Crippen LogP contribution in [0.15, 0.2) is 0 Å². The highest BCUT2D eigenvalue weighted by Gasteiger charge is 2.03. The molecule has 0 radical (unpaired) electrons. The van der Waals surface area contributed by atoms with Crippen LogP contribution in [0.4, 0.5) is 0 Å². The lowest BCUT2D eigenvalue weighted by molar-refractivity contribution is 0.335. The Balaban J connectivity index is 3.58. The van der Waals surface area contributed by atoms with Crippen molar-refractivity contribution in [3.63, 3.8) is 0 Å². The Morgan fingerprint density at radius 3 is 2.22 bits per heavy atom. The largest absolute Gasteiger partial charge is 0.296 e. The van der Waals surface area contributed by atoms with Gasteiger partial charge in [0.25, 0.3) is 0 Å². The minimum absolute atomic E-state index is 0.329. The molecule has 1 atom stereocenters. The van der Waals surface area contributed by atoms with Gasteiger partial charge in [0, 0.05) is 0 Å². The molecule has 0 N–H and O–H groups in total. The first-order valence-electron chi connectivity index (χ1n) is 3.35. The van der Waals surface area contributed by atoms with Gasteiger partial charge in [-0.25, -0.2) is 0 Å². The summed E-state index contributed by atoms with van der Waals surface area (Å²) in [5.74, 6) is 2.73. The zero-order chi connectivity index (χ0) is 7.28. The standard InChI is InChI=1S/C8H15N/c1-5-7-8(6-2)9(3)4/h2,8H,5,7H2,1,3-4H3/t8-/m1/s1. The molecule has 0 aromatic rings. The zero-order valence-electron chi connectivity index (χ0n) is 6.52. The van der Waals surface area contributed by atoms with Crippen molar-refractivity contribution in [1.82, 2.24) is 4.90 Å². The van der Waals surface area contributed by atoms with Crippen molar-refractivity contribution in [3.05, 3.63) is 0 Å². The first-order valence-corrected chi connectivity index (χ1v) is 3.35. The summed E-state index contributed by atoms with van der Waals surface area (Å²) in [6.07, 6.45) is 7.53. The summed E-state index contributed by atoms with van der Waals surface area (Å²) in [5.41, 5.74) is 0. The van der Waals surface area contributed by atoms with Crippen LogP contribution in [0.25, 0.3) is 0 Å². The van der Waals surface area contributed by atoms with Gasteiger partial charge in [0.1, 0.15) is 0 Å². The third kappa shape index (κ3) is 3.16. The van der Waals surface area contributed by atoms with Crippen molar-refractivity contribution >= 4 is 0 Å². The number of terminal acetylenes is 1. The Hall–Kier alpha value is -0.480. The van der Waals surface area contributed by atoms with E-state index >= 15 is 0 Å². The summed E-state index contributed by atoms with van der Waals surface area (Å²) in [6, 6.07) is 0.329.